The van der Waals surface area contributed by atoms with Gasteiger partial charge in [0.05, 0.1) is 12.8 Å². The second kappa shape index (κ2) is 9.30. The van der Waals surface area contributed by atoms with Crippen molar-refractivity contribution in [2.24, 2.45) is 5.10 Å². The van der Waals surface area contributed by atoms with E-state index in [0.29, 0.717) is 12.2 Å². The Balaban J connectivity index is 1.50. The molecule has 4 aromatic rings. The number of hydrazone groups is 1. The van der Waals surface area contributed by atoms with Crippen LogP contribution in [0.1, 0.15) is 34.0 Å². The topological polar surface area (TPSA) is 55.6 Å². The SMILES string of the molecule is CCOc1ccc(C(=O)N/N=C\c2cn(Cc3ccc(C)cc3)c3ccccc23)cc1. The molecule has 0 fully saturated rings. The first-order chi connectivity index (χ1) is 15.1. The third-order valence-electron chi connectivity index (χ3n) is 5.09. The van der Waals surface area contributed by atoms with E-state index < -0.39 is 0 Å². The lowest BCUT2D eigenvalue weighted by Crippen LogP contribution is -2.17. The van der Waals surface area contributed by atoms with Gasteiger partial charge in [0.15, 0.2) is 0 Å². The molecule has 1 amide bonds. The Bertz CT molecular complexity index is 1210. The number of rotatable bonds is 7. The molecular formula is C26H25N3O2. The van der Waals surface area contributed by atoms with Crippen LogP contribution < -0.4 is 10.2 Å². The van der Waals surface area contributed by atoms with Crippen molar-refractivity contribution >= 4 is 23.0 Å². The van der Waals surface area contributed by atoms with Crippen molar-refractivity contribution in [2.45, 2.75) is 20.4 Å². The van der Waals surface area contributed by atoms with Crippen molar-refractivity contribution in [3.63, 3.8) is 0 Å². The highest BCUT2D eigenvalue weighted by atomic mass is 16.5. The molecule has 0 bridgehead atoms. The molecule has 0 radical (unpaired) electrons. The lowest BCUT2D eigenvalue weighted by molar-refractivity contribution is 0.0955. The first-order valence-electron chi connectivity index (χ1n) is 10.3. The van der Waals surface area contributed by atoms with E-state index in [4.69, 9.17) is 4.74 Å². The number of nitrogens with zero attached hydrogens (tertiary/aromatic N) is 2. The second-order valence-electron chi connectivity index (χ2n) is 7.37. The highest BCUT2D eigenvalue weighted by Crippen LogP contribution is 2.21. The number of carbonyl (C=O) groups excluding carboxylic acids is 1. The predicted octanol–water partition coefficient (Wildman–Crippen LogP) is 5.16. The number of amides is 1. The fourth-order valence-corrected chi connectivity index (χ4v) is 3.49. The largest absolute Gasteiger partial charge is 0.494 e. The third-order valence-corrected chi connectivity index (χ3v) is 5.09. The summed E-state index contributed by atoms with van der Waals surface area (Å²) < 4.78 is 7.61. The number of aryl methyl sites for hydroxylation is 1. The molecule has 5 heteroatoms. The Morgan fingerprint density at radius 3 is 2.52 bits per heavy atom. The van der Waals surface area contributed by atoms with E-state index in [1.165, 1.54) is 11.1 Å². The van der Waals surface area contributed by atoms with Gasteiger partial charge in [-0.05, 0) is 49.7 Å². The lowest BCUT2D eigenvalue weighted by Gasteiger charge is -2.06. The first-order valence-corrected chi connectivity index (χ1v) is 10.3. The molecular weight excluding hydrogens is 386 g/mol. The summed E-state index contributed by atoms with van der Waals surface area (Å²) in [6, 6.07) is 23.8. The van der Waals surface area contributed by atoms with Gasteiger partial charge in [-0.2, -0.15) is 5.10 Å². The summed E-state index contributed by atoms with van der Waals surface area (Å²) in [4.78, 5) is 12.4. The Hall–Kier alpha value is -3.86. The normalized spacial score (nSPS) is 11.2. The molecule has 1 heterocycles. The molecule has 0 saturated heterocycles. The molecule has 0 unspecified atom stereocenters. The summed E-state index contributed by atoms with van der Waals surface area (Å²) in [5.74, 6) is 0.478. The molecule has 156 valence electrons. The van der Waals surface area contributed by atoms with Gasteiger partial charge in [0.25, 0.3) is 5.91 Å². The minimum atomic E-state index is -0.261. The Kier molecular flexibility index (Phi) is 6.13. The number of ether oxygens (including phenoxy) is 1. The zero-order valence-corrected chi connectivity index (χ0v) is 17.7. The van der Waals surface area contributed by atoms with Crippen molar-refractivity contribution in [1.29, 1.82) is 0 Å². The molecule has 31 heavy (non-hydrogen) atoms. The fraction of sp³-hybridized carbons (Fsp3) is 0.154. The van der Waals surface area contributed by atoms with Crippen molar-refractivity contribution in [2.75, 3.05) is 6.61 Å². The van der Waals surface area contributed by atoms with Gasteiger partial charge in [-0.15, -0.1) is 0 Å². The van der Waals surface area contributed by atoms with Crippen LogP contribution in [0.15, 0.2) is 84.1 Å². The molecule has 0 aliphatic heterocycles. The van der Waals surface area contributed by atoms with E-state index in [0.717, 1.165) is 28.8 Å². The van der Waals surface area contributed by atoms with E-state index in [-0.39, 0.29) is 5.91 Å². The van der Waals surface area contributed by atoms with Crippen LogP contribution in [0.25, 0.3) is 10.9 Å². The summed E-state index contributed by atoms with van der Waals surface area (Å²) in [6.07, 6.45) is 3.76. The molecule has 0 aliphatic carbocycles. The Morgan fingerprint density at radius 2 is 1.77 bits per heavy atom. The van der Waals surface area contributed by atoms with Gasteiger partial charge >= 0.3 is 0 Å². The van der Waals surface area contributed by atoms with Gasteiger partial charge in [0.2, 0.25) is 0 Å². The molecule has 1 aromatic heterocycles. The standard InChI is InChI=1S/C26H25N3O2/c1-3-31-23-14-12-21(13-15-23)26(30)28-27-16-22-18-29(25-7-5-4-6-24(22)25)17-20-10-8-19(2)9-11-20/h4-16,18H,3,17H2,1-2H3,(H,28,30)/b27-16-. The maximum Gasteiger partial charge on any atom is 0.271 e. The lowest BCUT2D eigenvalue weighted by atomic mass is 10.1. The molecule has 0 saturated carbocycles. The van der Waals surface area contributed by atoms with Crippen LogP contribution in [0, 0.1) is 6.92 Å². The number of nitrogens with one attached hydrogen (secondary N) is 1. The average molecular weight is 412 g/mol. The van der Waals surface area contributed by atoms with Gasteiger partial charge in [0, 0.05) is 34.8 Å². The van der Waals surface area contributed by atoms with E-state index in [9.17, 15) is 4.79 Å². The van der Waals surface area contributed by atoms with Crippen molar-refractivity contribution < 1.29 is 9.53 Å². The summed E-state index contributed by atoms with van der Waals surface area (Å²) >= 11 is 0. The highest BCUT2D eigenvalue weighted by Gasteiger charge is 2.08. The minimum absolute atomic E-state index is 0.261. The molecule has 0 aliphatic rings. The Morgan fingerprint density at radius 1 is 1.03 bits per heavy atom. The highest BCUT2D eigenvalue weighted by molar-refractivity contribution is 6.00. The van der Waals surface area contributed by atoms with Gasteiger partial charge in [-0.1, -0.05) is 48.0 Å². The number of hydrogen-bond donors (Lipinski definition) is 1. The summed E-state index contributed by atoms with van der Waals surface area (Å²) in [6.45, 7) is 5.37. The molecule has 0 atom stereocenters. The van der Waals surface area contributed by atoms with E-state index in [2.05, 4.69) is 64.6 Å². The number of aromatic nitrogens is 1. The van der Waals surface area contributed by atoms with Crippen LogP contribution >= 0.6 is 0 Å². The number of benzene rings is 3. The van der Waals surface area contributed by atoms with E-state index in [1.807, 2.05) is 19.1 Å². The number of hydrogen-bond acceptors (Lipinski definition) is 3. The summed E-state index contributed by atoms with van der Waals surface area (Å²) in [5, 5.41) is 5.28. The van der Waals surface area contributed by atoms with Crippen molar-refractivity contribution in [1.82, 2.24) is 9.99 Å². The minimum Gasteiger partial charge on any atom is -0.494 e. The fourth-order valence-electron chi connectivity index (χ4n) is 3.49. The van der Waals surface area contributed by atoms with Crippen LogP contribution in [0.2, 0.25) is 0 Å². The Labute approximate surface area is 182 Å². The molecule has 1 N–H and O–H groups in total. The van der Waals surface area contributed by atoms with E-state index in [1.54, 1.807) is 30.5 Å². The van der Waals surface area contributed by atoms with Crippen LogP contribution in [-0.4, -0.2) is 23.3 Å². The molecule has 4 rings (SSSR count). The van der Waals surface area contributed by atoms with Gasteiger partial charge in [-0.3, -0.25) is 4.79 Å². The maximum atomic E-state index is 12.4. The quantitative estimate of drug-likeness (QED) is 0.337. The van der Waals surface area contributed by atoms with Crippen LogP contribution in [0.5, 0.6) is 5.75 Å². The molecule has 5 nitrogen and oxygen atoms in total. The van der Waals surface area contributed by atoms with Gasteiger partial charge in [0.1, 0.15) is 5.75 Å². The average Bonchev–Trinajstić information content (AvgIpc) is 3.13. The zero-order valence-electron chi connectivity index (χ0n) is 17.7. The second-order valence-corrected chi connectivity index (χ2v) is 7.37. The summed E-state index contributed by atoms with van der Waals surface area (Å²) in [7, 11) is 0. The van der Waals surface area contributed by atoms with Gasteiger partial charge < -0.3 is 9.30 Å². The van der Waals surface area contributed by atoms with Crippen LogP contribution in [-0.2, 0) is 6.54 Å². The van der Waals surface area contributed by atoms with Crippen molar-refractivity contribution in [3.8, 4) is 5.75 Å². The molecule has 3 aromatic carbocycles. The monoisotopic (exact) mass is 411 g/mol. The van der Waals surface area contributed by atoms with Crippen LogP contribution in [0.4, 0.5) is 0 Å². The summed E-state index contributed by atoms with van der Waals surface area (Å²) in [5.41, 5.74) is 7.70. The van der Waals surface area contributed by atoms with Crippen LogP contribution in [0.3, 0.4) is 0 Å². The van der Waals surface area contributed by atoms with Gasteiger partial charge in [-0.25, -0.2) is 5.43 Å². The van der Waals surface area contributed by atoms with E-state index >= 15 is 0 Å². The predicted molar refractivity (Wildman–Crippen MR) is 125 cm³/mol. The smallest absolute Gasteiger partial charge is 0.271 e. The maximum absolute atomic E-state index is 12.4. The van der Waals surface area contributed by atoms with Crippen molar-refractivity contribution in [3.05, 3.63) is 101 Å². The number of carbonyl (C=O) groups is 1. The number of fused-ring (bicyclic) bond motifs is 1. The zero-order chi connectivity index (χ0) is 21.6. The third kappa shape index (κ3) is 4.83. The number of para-hydroxylation sites is 1. The molecule has 0 spiro atoms. The first kappa shape index (κ1) is 20.4.